The summed E-state index contributed by atoms with van der Waals surface area (Å²) in [7, 11) is 0. The van der Waals surface area contributed by atoms with Gasteiger partial charge in [-0.1, -0.05) is 49.4 Å². The van der Waals surface area contributed by atoms with Crippen LogP contribution in [0.5, 0.6) is 0 Å². The summed E-state index contributed by atoms with van der Waals surface area (Å²) in [6.07, 6.45) is 9.16. The Bertz CT molecular complexity index is 976. The molecule has 2 saturated heterocycles. The van der Waals surface area contributed by atoms with Crippen LogP contribution in [-0.4, -0.2) is 73.6 Å². The maximum Gasteiger partial charge on any atom is 0.243 e. The standard InChI is InChI=1S/C30H44N4O4/c1-3-22(2)31-27(35)21-34-16-12-25-24(20-34)11-7-8-13-30(14-17-38-18-15-30)29(37)33-26(28(36)32-25)19-23-9-5-4-6-10-23/h4-10,22,24-26H,3,11-21H2,1-2H3,(H,31,35)(H,32,36)(H,33,37)/b8-7+/t22?,24-,25+,26-/m1/s1. The van der Waals surface area contributed by atoms with Crippen molar-refractivity contribution in [2.45, 2.75) is 76.9 Å². The van der Waals surface area contributed by atoms with Gasteiger partial charge >= 0.3 is 0 Å². The van der Waals surface area contributed by atoms with Gasteiger partial charge in [0.15, 0.2) is 0 Å². The first-order valence-corrected chi connectivity index (χ1v) is 14.3. The first kappa shape index (κ1) is 28.3. The summed E-state index contributed by atoms with van der Waals surface area (Å²) in [5.41, 5.74) is 0.453. The van der Waals surface area contributed by atoms with Crippen molar-refractivity contribution < 1.29 is 19.1 Å². The van der Waals surface area contributed by atoms with Crippen molar-refractivity contribution in [2.75, 3.05) is 32.8 Å². The Morgan fingerprint density at radius 1 is 1.16 bits per heavy atom. The van der Waals surface area contributed by atoms with Crippen molar-refractivity contribution in [1.82, 2.24) is 20.9 Å². The molecule has 1 spiro atoms. The second-order valence-corrected chi connectivity index (χ2v) is 11.3. The summed E-state index contributed by atoms with van der Waals surface area (Å²) < 4.78 is 5.59. The van der Waals surface area contributed by atoms with E-state index in [9.17, 15) is 14.4 Å². The highest BCUT2D eigenvalue weighted by molar-refractivity contribution is 5.90. The van der Waals surface area contributed by atoms with E-state index in [0.717, 1.165) is 37.9 Å². The number of hydrogen-bond acceptors (Lipinski definition) is 5. The lowest BCUT2D eigenvalue weighted by molar-refractivity contribution is -0.140. The molecule has 0 aromatic heterocycles. The van der Waals surface area contributed by atoms with Crippen molar-refractivity contribution in [3.63, 3.8) is 0 Å². The van der Waals surface area contributed by atoms with Crippen LogP contribution in [0.3, 0.4) is 0 Å². The molecule has 1 aromatic rings. The summed E-state index contributed by atoms with van der Waals surface area (Å²) in [6, 6.07) is 9.37. The molecule has 8 nitrogen and oxygen atoms in total. The molecule has 4 atom stereocenters. The largest absolute Gasteiger partial charge is 0.381 e. The zero-order valence-corrected chi connectivity index (χ0v) is 22.9. The molecule has 0 saturated carbocycles. The van der Waals surface area contributed by atoms with Gasteiger partial charge in [0, 0.05) is 44.8 Å². The van der Waals surface area contributed by atoms with E-state index >= 15 is 0 Å². The Balaban J connectivity index is 1.53. The summed E-state index contributed by atoms with van der Waals surface area (Å²) in [5, 5.41) is 9.50. The van der Waals surface area contributed by atoms with Crippen LogP contribution in [0.4, 0.5) is 0 Å². The molecule has 8 heteroatoms. The van der Waals surface area contributed by atoms with Crippen LogP contribution in [0, 0.1) is 11.3 Å². The van der Waals surface area contributed by atoms with Crippen LogP contribution >= 0.6 is 0 Å². The first-order valence-electron chi connectivity index (χ1n) is 14.3. The van der Waals surface area contributed by atoms with Gasteiger partial charge in [0.25, 0.3) is 0 Å². The minimum absolute atomic E-state index is 0.00679. The van der Waals surface area contributed by atoms with E-state index in [-0.39, 0.29) is 35.7 Å². The van der Waals surface area contributed by atoms with Gasteiger partial charge in [0.1, 0.15) is 6.04 Å². The topological polar surface area (TPSA) is 99.8 Å². The van der Waals surface area contributed by atoms with Crippen LogP contribution in [0.15, 0.2) is 42.5 Å². The molecular formula is C30H44N4O4. The number of ether oxygens (including phenoxy) is 1. The molecule has 0 bridgehead atoms. The predicted molar refractivity (Wildman–Crippen MR) is 147 cm³/mol. The second kappa shape index (κ2) is 13.4. The van der Waals surface area contributed by atoms with E-state index in [1.807, 2.05) is 37.3 Å². The summed E-state index contributed by atoms with van der Waals surface area (Å²) in [5.74, 6) is 0.0591. The van der Waals surface area contributed by atoms with Gasteiger partial charge in [-0.15, -0.1) is 0 Å². The summed E-state index contributed by atoms with van der Waals surface area (Å²) in [6.45, 7) is 7.06. The average molecular weight is 525 g/mol. The summed E-state index contributed by atoms with van der Waals surface area (Å²) >= 11 is 0. The van der Waals surface area contributed by atoms with Gasteiger partial charge < -0.3 is 20.7 Å². The number of nitrogens with one attached hydrogen (secondary N) is 3. The minimum Gasteiger partial charge on any atom is -0.381 e. The van der Waals surface area contributed by atoms with Gasteiger partial charge in [-0.05, 0) is 56.9 Å². The Kier molecular flexibility index (Phi) is 9.97. The van der Waals surface area contributed by atoms with Crippen molar-refractivity contribution in [3.8, 4) is 0 Å². The number of benzene rings is 1. The fraction of sp³-hybridized carbons (Fsp3) is 0.633. The number of piperidine rings is 1. The van der Waals surface area contributed by atoms with Crippen molar-refractivity contribution in [1.29, 1.82) is 0 Å². The van der Waals surface area contributed by atoms with Crippen LogP contribution < -0.4 is 16.0 Å². The predicted octanol–water partition coefficient (Wildman–Crippen LogP) is 2.58. The molecule has 4 rings (SSSR count). The van der Waals surface area contributed by atoms with Crippen LogP contribution in [-0.2, 0) is 25.5 Å². The highest BCUT2D eigenvalue weighted by Gasteiger charge is 2.41. The Hall–Kier alpha value is -2.71. The molecule has 1 aromatic carbocycles. The SMILES string of the molecule is CCC(C)NC(=O)CN1CC[C@@H]2NC(=O)[C@@H](Cc3ccccc3)NC(=O)C3(C/C=C/C[C@@H]2C1)CCOCC3. The fourth-order valence-electron chi connectivity index (χ4n) is 5.83. The maximum atomic E-state index is 13.7. The highest BCUT2D eigenvalue weighted by Crippen LogP contribution is 2.36. The highest BCUT2D eigenvalue weighted by atomic mass is 16.5. The molecule has 2 fully saturated rings. The summed E-state index contributed by atoms with van der Waals surface area (Å²) in [4.78, 5) is 42.1. The monoisotopic (exact) mass is 524 g/mol. The number of amides is 3. The van der Waals surface area contributed by atoms with Crippen LogP contribution in [0.2, 0.25) is 0 Å². The number of fused-ring (bicyclic) bond motifs is 1. The molecule has 3 aliphatic heterocycles. The number of carbonyl (C=O) groups excluding carboxylic acids is 3. The normalized spacial score (nSPS) is 28.1. The number of nitrogens with zero attached hydrogens (tertiary/aromatic N) is 1. The zero-order chi connectivity index (χ0) is 27.0. The molecule has 3 heterocycles. The third kappa shape index (κ3) is 7.44. The minimum atomic E-state index is -0.645. The van der Waals surface area contributed by atoms with E-state index < -0.39 is 11.5 Å². The molecule has 0 radical (unpaired) electrons. The fourth-order valence-corrected chi connectivity index (χ4v) is 5.83. The maximum absolute atomic E-state index is 13.7. The number of hydrogen-bond donors (Lipinski definition) is 3. The Labute approximate surface area is 226 Å². The lowest BCUT2D eigenvalue weighted by Crippen LogP contribution is -2.58. The molecular weight excluding hydrogens is 480 g/mol. The van der Waals surface area contributed by atoms with Crippen LogP contribution in [0.1, 0.15) is 57.9 Å². The van der Waals surface area contributed by atoms with Crippen molar-refractivity contribution >= 4 is 17.7 Å². The van der Waals surface area contributed by atoms with Gasteiger partial charge in [-0.3, -0.25) is 19.3 Å². The third-order valence-corrected chi connectivity index (χ3v) is 8.48. The van der Waals surface area contributed by atoms with Gasteiger partial charge in [-0.2, -0.15) is 0 Å². The number of carbonyl (C=O) groups is 3. The smallest absolute Gasteiger partial charge is 0.243 e. The molecule has 3 aliphatic rings. The van der Waals surface area contributed by atoms with Gasteiger partial charge in [0.05, 0.1) is 12.0 Å². The van der Waals surface area contributed by atoms with E-state index in [0.29, 0.717) is 45.4 Å². The van der Waals surface area contributed by atoms with E-state index in [1.54, 1.807) is 0 Å². The van der Waals surface area contributed by atoms with E-state index in [4.69, 9.17) is 4.74 Å². The van der Waals surface area contributed by atoms with Gasteiger partial charge in [0.2, 0.25) is 17.7 Å². The second-order valence-electron chi connectivity index (χ2n) is 11.3. The average Bonchev–Trinajstić information content (AvgIpc) is 2.92. The van der Waals surface area contributed by atoms with E-state index in [1.165, 1.54) is 0 Å². The van der Waals surface area contributed by atoms with Crippen molar-refractivity contribution in [2.24, 2.45) is 11.3 Å². The third-order valence-electron chi connectivity index (χ3n) is 8.48. The first-order chi connectivity index (χ1) is 18.4. The zero-order valence-electron chi connectivity index (χ0n) is 22.9. The Morgan fingerprint density at radius 2 is 1.92 bits per heavy atom. The van der Waals surface area contributed by atoms with E-state index in [2.05, 4.69) is 39.9 Å². The lowest BCUT2D eigenvalue weighted by Gasteiger charge is -2.40. The van der Waals surface area contributed by atoms with Gasteiger partial charge in [-0.25, -0.2) is 0 Å². The quantitative estimate of drug-likeness (QED) is 0.497. The Morgan fingerprint density at radius 3 is 2.66 bits per heavy atom. The molecule has 1 unspecified atom stereocenters. The molecule has 3 amide bonds. The molecule has 0 aliphatic carbocycles. The number of likely N-dealkylation sites (tertiary alicyclic amines) is 1. The number of allylic oxidation sites excluding steroid dienone is 2. The van der Waals surface area contributed by atoms with Crippen molar-refractivity contribution in [3.05, 3.63) is 48.0 Å². The molecule has 3 N–H and O–H groups in total. The van der Waals surface area contributed by atoms with Crippen LogP contribution in [0.25, 0.3) is 0 Å². The molecule has 38 heavy (non-hydrogen) atoms. The lowest BCUT2D eigenvalue weighted by atomic mass is 9.75. The number of rotatable bonds is 6. The molecule has 208 valence electrons.